The molecule has 25 heavy (non-hydrogen) atoms. The van der Waals surface area contributed by atoms with Gasteiger partial charge in [-0.2, -0.15) is 0 Å². The van der Waals surface area contributed by atoms with E-state index in [9.17, 15) is 4.79 Å². The minimum atomic E-state index is -0.0292. The molecule has 4 rings (SSSR count). The zero-order valence-electron chi connectivity index (χ0n) is 13.8. The molecule has 3 atom stereocenters. The van der Waals surface area contributed by atoms with Crippen LogP contribution in [0.3, 0.4) is 0 Å². The van der Waals surface area contributed by atoms with Gasteiger partial charge in [-0.05, 0) is 55.6 Å². The van der Waals surface area contributed by atoms with Crippen LogP contribution in [-0.2, 0) is 0 Å². The van der Waals surface area contributed by atoms with E-state index in [1.165, 1.54) is 19.5 Å². The minimum absolute atomic E-state index is 0.0292. The molecule has 2 fully saturated rings. The van der Waals surface area contributed by atoms with Gasteiger partial charge in [0.2, 0.25) is 0 Å². The molecule has 3 unspecified atom stereocenters. The van der Waals surface area contributed by atoms with Crippen molar-refractivity contribution < 1.29 is 9.53 Å². The number of benzene rings is 1. The lowest BCUT2D eigenvalue weighted by atomic mass is 9.96. The Kier molecular flexibility index (Phi) is 4.59. The van der Waals surface area contributed by atoms with Crippen LogP contribution in [0.25, 0.3) is 0 Å². The summed E-state index contributed by atoms with van der Waals surface area (Å²) in [5, 5.41) is 3.66. The van der Waals surface area contributed by atoms with Gasteiger partial charge in [0.25, 0.3) is 5.91 Å². The van der Waals surface area contributed by atoms with Gasteiger partial charge < -0.3 is 15.0 Å². The van der Waals surface area contributed by atoms with Gasteiger partial charge in [-0.3, -0.25) is 9.78 Å². The lowest BCUT2D eigenvalue weighted by Gasteiger charge is -2.30. The second-order valence-electron chi connectivity index (χ2n) is 6.75. The van der Waals surface area contributed by atoms with Crippen LogP contribution in [0.15, 0.2) is 42.7 Å². The van der Waals surface area contributed by atoms with Crippen molar-refractivity contribution in [3.05, 3.63) is 53.3 Å². The minimum Gasteiger partial charge on any atom is -0.454 e. The van der Waals surface area contributed by atoms with Crippen molar-refractivity contribution in [2.24, 2.45) is 5.92 Å². The van der Waals surface area contributed by atoms with Gasteiger partial charge in [-0.15, -0.1) is 0 Å². The fourth-order valence-electron chi connectivity index (χ4n) is 3.67. The van der Waals surface area contributed by atoms with Gasteiger partial charge in [0.15, 0.2) is 5.75 Å². The van der Waals surface area contributed by atoms with Crippen molar-refractivity contribution >= 4 is 17.5 Å². The third-order valence-electron chi connectivity index (χ3n) is 4.88. The first kappa shape index (κ1) is 16.4. The van der Waals surface area contributed by atoms with Crippen LogP contribution in [0.2, 0.25) is 5.02 Å². The molecule has 2 bridgehead atoms. The number of rotatable bonds is 4. The molecule has 6 heteroatoms. The van der Waals surface area contributed by atoms with E-state index in [2.05, 4.69) is 15.2 Å². The molecular formula is C19H20ClN3O2. The first-order valence-corrected chi connectivity index (χ1v) is 8.96. The topological polar surface area (TPSA) is 54.5 Å². The van der Waals surface area contributed by atoms with Crippen LogP contribution in [-0.4, -0.2) is 41.5 Å². The standard InChI is InChI=1S/C19H20ClN3O2/c20-17-5-7-21-10-18(17)25-16-3-1-14(2-4-16)19(24)22-15-9-13-6-8-23(11-13)12-15/h1-5,7,10,13,15H,6,8-9,11-12H2,(H,22,24). The Hall–Kier alpha value is -2.11. The normalized spacial score (nSPS) is 24.8. The third-order valence-corrected chi connectivity index (χ3v) is 5.19. The number of piperidine rings is 1. The first-order chi connectivity index (χ1) is 12.2. The Morgan fingerprint density at radius 2 is 2.08 bits per heavy atom. The molecule has 5 nitrogen and oxygen atoms in total. The molecule has 1 N–H and O–H groups in total. The van der Waals surface area contributed by atoms with Gasteiger partial charge in [-0.25, -0.2) is 0 Å². The number of nitrogens with zero attached hydrogens (tertiary/aromatic N) is 2. The molecular weight excluding hydrogens is 338 g/mol. The quantitative estimate of drug-likeness (QED) is 0.911. The van der Waals surface area contributed by atoms with Gasteiger partial charge >= 0.3 is 0 Å². The third kappa shape index (κ3) is 3.78. The average Bonchev–Trinajstić information content (AvgIpc) is 2.96. The summed E-state index contributed by atoms with van der Waals surface area (Å²) in [6, 6.07) is 9.00. The molecule has 2 aromatic rings. The van der Waals surface area contributed by atoms with Crippen molar-refractivity contribution in [1.29, 1.82) is 0 Å². The maximum absolute atomic E-state index is 12.5. The summed E-state index contributed by atoms with van der Waals surface area (Å²) in [6.07, 6.45) is 5.52. The number of carbonyl (C=O) groups is 1. The number of aromatic nitrogens is 1. The molecule has 1 aromatic carbocycles. The number of nitrogens with one attached hydrogen (secondary N) is 1. The molecule has 1 amide bonds. The second kappa shape index (κ2) is 7.02. The summed E-state index contributed by atoms with van der Waals surface area (Å²) < 4.78 is 5.70. The molecule has 0 saturated carbocycles. The second-order valence-corrected chi connectivity index (χ2v) is 7.16. The van der Waals surface area contributed by atoms with E-state index in [1.807, 2.05) is 0 Å². The SMILES string of the molecule is O=C(NC1CC2CCN(C2)C1)c1ccc(Oc2cnccc2Cl)cc1. The predicted octanol–water partition coefficient (Wildman–Crippen LogP) is 3.35. The van der Waals surface area contributed by atoms with Crippen LogP contribution >= 0.6 is 11.6 Å². The fourth-order valence-corrected chi connectivity index (χ4v) is 3.82. The molecule has 0 aliphatic carbocycles. The Morgan fingerprint density at radius 3 is 2.84 bits per heavy atom. The molecule has 0 spiro atoms. The van der Waals surface area contributed by atoms with Crippen LogP contribution in [0.1, 0.15) is 23.2 Å². The largest absolute Gasteiger partial charge is 0.454 e. The Morgan fingerprint density at radius 1 is 1.24 bits per heavy atom. The number of ether oxygens (including phenoxy) is 1. The lowest BCUT2D eigenvalue weighted by Crippen LogP contribution is -2.46. The summed E-state index contributed by atoms with van der Waals surface area (Å²) in [6.45, 7) is 3.32. The summed E-state index contributed by atoms with van der Waals surface area (Å²) in [7, 11) is 0. The molecule has 2 saturated heterocycles. The van der Waals surface area contributed by atoms with E-state index in [-0.39, 0.29) is 11.9 Å². The van der Waals surface area contributed by atoms with E-state index in [0.717, 1.165) is 18.9 Å². The lowest BCUT2D eigenvalue weighted by molar-refractivity contribution is 0.0909. The zero-order valence-corrected chi connectivity index (χ0v) is 14.6. The van der Waals surface area contributed by atoms with Gasteiger partial charge in [0.05, 0.1) is 11.2 Å². The number of halogens is 1. The van der Waals surface area contributed by atoms with Gasteiger partial charge in [-0.1, -0.05) is 11.6 Å². The van der Waals surface area contributed by atoms with E-state index in [0.29, 0.717) is 22.1 Å². The van der Waals surface area contributed by atoms with E-state index in [1.54, 1.807) is 42.7 Å². The highest BCUT2D eigenvalue weighted by Crippen LogP contribution is 2.29. The highest BCUT2D eigenvalue weighted by atomic mass is 35.5. The molecule has 0 radical (unpaired) electrons. The maximum atomic E-state index is 12.5. The molecule has 2 aliphatic heterocycles. The average molecular weight is 358 g/mol. The van der Waals surface area contributed by atoms with E-state index >= 15 is 0 Å². The first-order valence-electron chi connectivity index (χ1n) is 8.58. The summed E-state index contributed by atoms with van der Waals surface area (Å²) in [5.74, 6) is 1.82. The maximum Gasteiger partial charge on any atom is 0.251 e. The van der Waals surface area contributed by atoms with Crippen molar-refractivity contribution in [3.63, 3.8) is 0 Å². The number of pyridine rings is 1. The Bertz CT molecular complexity index is 754. The highest BCUT2D eigenvalue weighted by molar-refractivity contribution is 6.32. The number of hydrogen-bond donors (Lipinski definition) is 1. The monoisotopic (exact) mass is 357 g/mol. The Balaban J connectivity index is 1.38. The van der Waals surface area contributed by atoms with Crippen LogP contribution < -0.4 is 10.1 Å². The van der Waals surface area contributed by atoms with E-state index in [4.69, 9.17) is 16.3 Å². The van der Waals surface area contributed by atoms with Crippen molar-refractivity contribution in [1.82, 2.24) is 15.2 Å². The van der Waals surface area contributed by atoms with Crippen molar-refractivity contribution in [3.8, 4) is 11.5 Å². The Labute approximate surface area is 152 Å². The molecule has 3 heterocycles. The van der Waals surface area contributed by atoms with Crippen molar-refractivity contribution in [2.75, 3.05) is 19.6 Å². The summed E-state index contributed by atoms with van der Waals surface area (Å²) in [5.41, 5.74) is 0.637. The van der Waals surface area contributed by atoms with E-state index < -0.39 is 0 Å². The molecule has 130 valence electrons. The predicted molar refractivity (Wildman–Crippen MR) is 96.2 cm³/mol. The summed E-state index contributed by atoms with van der Waals surface area (Å²) >= 11 is 6.06. The zero-order chi connectivity index (χ0) is 17.2. The molecule has 1 aromatic heterocycles. The van der Waals surface area contributed by atoms with Crippen LogP contribution in [0.4, 0.5) is 0 Å². The molecule has 2 aliphatic rings. The highest BCUT2D eigenvalue weighted by Gasteiger charge is 2.32. The summed E-state index contributed by atoms with van der Waals surface area (Å²) in [4.78, 5) is 18.9. The number of carbonyl (C=O) groups excluding carboxylic acids is 1. The number of amides is 1. The van der Waals surface area contributed by atoms with Crippen LogP contribution in [0.5, 0.6) is 11.5 Å². The smallest absolute Gasteiger partial charge is 0.251 e. The number of fused-ring (bicyclic) bond motifs is 2. The number of hydrogen-bond acceptors (Lipinski definition) is 4. The van der Waals surface area contributed by atoms with Gasteiger partial charge in [0.1, 0.15) is 5.75 Å². The fraction of sp³-hybridized carbons (Fsp3) is 0.368. The van der Waals surface area contributed by atoms with Gasteiger partial charge in [0, 0.05) is 30.9 Å². The van der Waals surface area contributed by atoms with Crippen molar-refractivity contribution in [2.45, 2.75) is 18.9 Å². The van der Waals surface area contributed by atoms with Crippen LogP contribution in [0, 0.1) is 5.92 Å².